The molecule has 0 saturated carbocycles. The van der Waals surface area contributed by atoms with E-state index >= 15 is 0 Å². The minimum Gasteiger partial charge on any atom is -0.383 e. The molecule has 1 N–H and O–H groups in total. The summed E-state index contributed by atoms with van der Waals surface area (Å²) < 4.78 is 5.08. The average molecular weight is 234 g/mol. The van der Waals surface area contributed by atoms with E-state index in [-0.39, 0.29) is 6.04 Å². The molecule has 0 saturated heterocycles. The summed E-state index contributed by atoms with van der Waals surface area (Å²) in [5.41, 5.74) is 1.03. The molecule has 0 aliphatic carbocycles. The summed E-state index contributed by atoms with van der Waals surface area (Å²) in [4.78, 5) is 0. The van der Waals surface area contributed by atoms with Gasteiger partial charge in [-0.2, -0.15) is 0 Å². The molecule has 0 radical (unpaired) electrons. The topological polar surface area (TPSA) is 21.3 Å². The Kier molecular flexibility index (Phi) is 4.69. The number of benzene rings is 1. The van der Waals surface area contributed by atoms with Crippen molar-refractivity contribution in [2.24, 2.45) is 0 Å². The van der Waals surface area contributed by atoms with Crippen molar-refractivity contribution >= 4 is 23.2 Å². The Morgan fingerprint density at radius 2 is 1.86 bits per heavy atom. The number of rotatable bonds is 4. The molecular weight excluding hydrogens is 221 g/mol. The van der Waals surface area contributed by atoms with Crippen molar-refractivity contribution in [2.45, 2.75) is 6.04 Å². The van der Waals surface area contributed by atoms with E-state index in [9.17, 15) is 0 Å². The summed E-state index contributed by atoms with van der Waals surface area (Å²) in [6, 6.07) is 5.60. The molecule has 0 aromatic heterocycles. The van der Waals surface area contributed by atoms with Crippen LogP contribution in [0.15, 0.2) is 18.2 Å². The fourth-order valence-electron chi connectivity index (χ4n) is 1.29. The maximum Gasteiger partial charge on any atom is 0.0657 e. The van der Waals surface area contributed by atoms with Gasteiger partial charge in [0.1, 0.15) is 0 Å². The molecule has 0 spiro atoms. The summed E-state index contributed by atoms with van der Waals surface area (Å²) in [6.45, 7) is 0.590. The van der Waals surface area contributed by atoms with Crippen LogP contribution in [0, 0.1) is 0 Å². The van der Waals surface area contributed by atoms with Crippen LogP contribution in [0.1, 0.15) is 11.6 Å². The standard InChI is InChI=1S/C10H13Cl2NO/c1-13-10(6-14-2)7-3-8(11)5-9(12)4-7/h3-5,10,13H,6H2,1-2H3. The zero-order valence-corrected chi connectivity index (χ0v) is 9.69. The average Bonchev–Trinajstić information content (AvgIpc) is 2.12. The molecular formula is C10H13Cl2NO. The van der Waals surface area contributed by atoms with Gasteiger partial charge in [0, 0.05) is 17.2 Å². The molecule has 78 valence electrons. The van der Waals surface area contributed by atoms with Gasteiger partial charge in [-0.15, -0.1) is 0 Å². The first kappa shape index (κ1) is 11.8. The first-order valence-electron chi connectivity index (χ1n) is 4.29. The maximum absolute atomic E-state index is 5.90. The van der Waals surface area contributed by atoms with Gasteiger partial charge in [0.2, 0.25) is 0 Å². The van der Waals surface area contributed by atoms with Crippen LogP contribution in [0.2, 0.25) is 10.0 Å². The molecule has 0 bridgehead atoms. The summed E-state index contributed by atoms with van der Waals surface area (Å²) in [7, 11) is 3.54. The molecule has 0 aliphatic rings. The van der Waals surface area contributed by atoms with Crippen molar-refractivity contribution in [3.63, 3.8) is 0 Å². The minimum absolute atomic E-state index is 0.121. The van der Waals surface area contributed by atoms with Gasteiger partial charge in [0.15, 0.2) is 0 Å². The molecule has 1 atom stereocenters. The Hall–Kier alpha value is -0.280. The highest BCUT2D eigenvalue weighted by molar-refractivity contribution is 6.34. The van der Waals surface area contributed by atoms with E-state index in [4.69, 9.17) is 27.9 Å². The fraction of sp³-hybridized carbons (Fsp3) is 0.400. The van der Waals surface area contributed by atoms with E-state index in [1.54, 1.807) is 13.2 Å². The minimum atomic E-state index is 0.121. The second-order valence-electron chi connectivity index (χ2n) is 3.00. The van der Waals surface area contributed by atoms with E-state index in [0.717, 1.165) is 5.56 Å². The highest BCUT2D eigenvalue weighted by Gasteiger charge is 2.09. The Balaban J connectivity index is 2.91. The highest BCUT2D eigenvalue weighted by atomic mass is 35.5. The quantitative estimate of drug-likeness (QED) is 0.864. The van der Waals surface area contributed by atoms with Gasteiger partial charge >= 0.3 is 0 Å². The van der Waals surface area contributed by atoms with Crippen molar-refractivity contribution in [3.05, 3.63) is 33.8 Å². The van der Waals surface area contributed by atoms with Gasteiger partial charge in [-0.05, 0) is 30.8 Å². The highest BCUT2D eigenvalue weighted by Crippen LogP contribution is 2.23. The number of hydrogen-bond donors (Lipinski definition) is 1. The monoisotopic (exact) mass is 233 g/mol. The van der Waals surface area contributed by atoms with E-state index in [1.165, 1.54) is 0 Å². The van der Waals surface area contributed by atoms with E-state index < -0.39 is 0 Å². The predicted octanol–water partition coefficient (Wildman–Crippen LogP) is 2.90. The van der Waals surface area contributed by atoms with Crippen LogP contribution in [0.25, 0.3) is 0 Å². The molecule has 14 heavy (non-hydrogen) atoms. The normalized spacial score (nSPS) is 12.9. The Bertz CT molecular complexity index is 284. The van der Waals surface area contributed by atoms with Crippen LogP contribution in [0.4, 0.5) is 0 Å². The third kappa shape index (κ3) is 3.14. The second-order valence-corrected chi connectivity index (χ2v) is 3.87. The Morgan fingerprint density at radius 3 is 2.29 bits per heavy atom. The second kappa shape index (κ2) is 5.56. The van der Waals surface area contributed by atoms with E-state index in [2.05, 4.69) is 5.32 Å². The molecule has 0 heterocycles. The van der Waals surface area contributed by atoms with Crippen LogP contribution in [0.3, 0.4) is 0 Å². The lowest BCUT2D eigenvalue weighted by molar-refractivity contribution is 0.170. The zero-order chi connectivity index (χ0) is 10.6. The predicted molar refractivity (Wildman–Crippen MR) is 60.1 cm³/mol. The Morgan fingerprint density at radius 1 is 1.29 bits per heavy atom. The molecule has 0 fully saturated rings. The lowest BCUT2D eigenvalue weighted by Gasteiger charge is -2.16. The van der Waals surface area contributed by atoms with E-state index in [0.29, 0.717) is 16.7 Å². The molecule has 2 nitrogen and oxygen atoms in total. The van der Waals surface area contributed by atoms with Crippen molar-refractivity contribution < 1.29 is 4.74 Å². The van der Waals surface area contributed by atoms with Crippen molar-refractivity contribution in [1.82, 2.24) is 5.32 Å². The van der Waals surface area contributed by atoms with Gasteiger partial charge in [-0.1, -0.05) is 23.2 Å². The van der Waals surface area contributed by atoms with Crippen molar-refractivity contribution in [2.75, 3.05) is 20.8 Å². The number of nitrogens with one attached hydrogen (secondary N) is 1. The smallest absolute Gasteiger partial charge is 0.0657 e. The fourth-order valence-corrected chi connectivity index (χ4v) is 1.83. The number of hydrogen-bond acceptors (Lipinski definition) is 2. The van der Waals surface area contributed by atoms with Crippen LogP contribution in [-0.2, 0) is 4.74 Å². The molecule has 0 amide bonds. The van der Waals surface area contributed by atoms with Gasteiger partial charge in [-0.25, -0.2) is 0 Å². The van der Waals surface area contributed by atoms with Crippen LogP contribution < -0.4 is 5.32 Å². The van der Waals surface area contributed by atoms with Crippen LogP contribution >= 0.6 is 23.2 Å². The molecule has 1 aromatic rings. The lowest BCUT2D eigenvalue weighted by atomic mass is 10.1. The van der Waals surface area contributed by atoms with Gasteiger partial charge in [0.25, 0.3) is 0 Å². The first-order chi connectivity index (χ1) is 6.67. The Labute approximate surface area is 94.2 Å². The summed E-state index contributed by atoms with van der Waals surface area (Å²) in [5, 5.41) is 4.42. The largest absolute Gasteiger partial charge is 0.383 e. The van der Waals surface area contributed by atoms with Crippen LogP contribution in [0.5, 0.6) is 0 Å². The van der Waals surface area contributed by atoms with Crippen molar-refractivity contribution in [3.8, 4) is 0 Å². The number of likely N-dealkylation sites (N-methyl/N-ethyl adjacent to an activating group) is 1. The van der Waals surface area contributed by atoms with Gasteiger partial charge in [-0.3, -0.25) is 0 Å². The zero-order valence-electron chi connectivity index (χ0n) is 8.18. The van der Waals surface area contributed by atoms with Crippen molar-refractivity contribution in [1.29, 1.82) is 0 Å². The summed E-state index contributed by atoms with van der Waals surface area (Å²) >= 11 is 11.8. The molecule has 0 aliphatic heterocycles. The third-order valence-electron chi connectivity index (χ3n) is 1.97. The lowest BCUT2D eigenvalue weighted by Crippen LogP contribution is -2.21. The van der Waals surface area contributed by atoms with Crippen LogP contribution in [-0.4, -0.2) is 20.8 Å². The number of halogens is 2. The molecule has 1 aromatic carbocycles. The molecule has 4 heteroatoms. The summed E-state index contributed by atoms with van der Waals surface area (Å²) in [5.74, 6) is 0. The SMILES string of the molecule is CNC(COC)c1cc(Cl)cc(Cl)c1. The molecule has 1 rings (SSSR count). The third-order valence-corrected chi connectivity index (χ3v) is 2.41. The maximum atomic E-state index is 5.90. The molecule has 1 unspecified atom stereocenters. The summed E-state index contributed by atoms with van der Waals surface area (Å²) in [6.07, 6.45) is 0. The first-order valence-corrected chi connectivity index (χ1v) is 5.05. The number of methoxy groups -OCH3 is 1. The van der Waals surface area contributed by atoms with Gasteiger partial charge in [0.05, 0.1) is 12.6 Å². The number of ether oxygens (including phenoxy) is 1. The van der Waals surface area contributed by atoms with E-state index in [1.807, 2.05) is 19.2 Å². The van der Waals surface area contributed by atoms with Gasteiger partial charge < -0.3 is 10.1 Å².